The number of anilines is 1. The molecule has 0 radical (unpaired) electrons. The van der Waals surface area contributed by atoms with Gasteiger partial charge in [0.15, 0.2) is 0 Å². The van der Waals surface area contributed by atoms with Gasteiger partial charge in [-0.2, -0.15) is 0 Å². The van der Waals surface area contributed by atoms with E-state index < -0.39 is 0 Å². The second-order valence-electron chi connectivity index (χ2n) is 4.76. The summed E-state index contributed by atoms with van der Waals surface area (Å²) in [6.45, 7) is 0.559. The van der Waals surface area contributed by atoms with Crippen molar-refractivity contribution in [1.82, 2.24) is 4.98 Å². The van der Waals surface area contributed by atoms with E-state index >= 15 is 0 Å². The van der Waals surface area contributed by atoms with Gasteiger partial charge in [0.05, 0.1) is 6.61 Å². The van der Waals surface area contributed by atoms with Crippen LogP contribution >= 0.6 is 0 Å². The smallest absolute Gasteiger partial charge is 0.135 e. The molecule has 0 spiro atoms. The number of nitrogen functional groups attached to an aromatic ring is 1. The van der Waals surface area contributed by atoms with Crippen LogP contribution in [0, 0.1) is 0 Å². The lowest BCUT2D eigenvalue weighted by atomic mass is 10.1. The number of pyridine rings is 1. The van der Waals surface area contributed by atoms with Gasteiger partial charge < -0.3 is 15.2 Å². The fraction of sp³-hybridized carbons (Fsp3) is 0.118. The zero-order valence-electron chi connectivity index (χ0n) is 11.7. The molecule has 4 heteroatoms. The van der Waals surface area contributed by atoms with Gasteiger partial charge in [-0.3, -0.25) is 4.98 Å². The van der Waals surface area contributed by atoms with Crippen LogP contribution in [0.2, 0.25) is 0 Å². The van der Waals surface area contributed by atoms with Crippen molar-refractivity contribution in [2.45, 2.75) is 6.61 Å². The minimum Gasteiger partial charge on any atom is -0.457 e. The van der Waals surface area contributed by atoms with Crippen molar-refractivity contribution in [3.8, 4) is 11.5 Å². The molecule has 3 rings (SSSR count). The summed E-state index contributed by atoms with van der Waals surface area (Å²) in [5, 5.41) is 1.84. The van der Waals surface area contributed by atoms with E-state index in [1.165, 1.54) is 0 Å². The molecule has 106 valence electrons. The van der Waals surface area contributed by atoms with Crippen LogP contribution in [0.15, 0.2) is 54.9 Å². The lowest BCUT2D eigenvalue weighted by Gasteiger charge is -2.11. The Bertz CT molecular complexity index is 772. The molecule has 0 atom stereocenters. The second kappa shape index (κ2) is 5.81. The highest BCUT2D eigenvalue weighted by Gasteiger charge is 2.06. The molecule has 2 N–H and O–H groups in total. The highest BCUT2D eigenvalue weighted by atomic mass is 16.5. The largest absolute Gasteiger partial charge is 0.457 e. The zero-order valence-corrected chi connectivity index (χ0v) is 11.7. The van der Waals surface area contributed by atoms with Crippen LogP contribution in [0.3, 0.4) is 0 Å². The normalized spacial score (nSPS) is 10.7. The number of nitrogens with two attached hydrogens (primary N) is 1. The maximum absolute atomic E-state index is 5.99. The number of aromatic nitrogens is 1. The number of fused-ring (bicyclic) bond motifs is 1. The molecule has 1 heterocycles. The average molecular weight is 280 g/mol. The molecule has 0 aliphatic heterocycles. The highest BCUT2D eigenvalue weighted by Crippen LogP contribution is 2.32. The Hall–Kier alpha value is -2.59. The second-order valence-corrected chi connectivity index (χ2v) is 4.76. The molecule has 3 aromatic rings. The van der Waals surface area contributed by atoms with Gasteiger partial charge in [-0.1, -0.05) is 12.1 Å². The van der Waals surface area contributed by atoms with Crippen molar-refractivity contribution in [2.24, 2.45) is 0 Å². The topological polar surface area (TPSA) is 57.4 Å². The Balaban J connectivity index is 1.98. The maximum Gasteiger partial charge on any atom is 0.135 e. The third-order valence-corrected chi connectivity index (χ3v) is 3.25. The number of hydrogen-bond acceptors (Lipinski definition) is 4. The Kier molecular flexibility index (Phi) is 3.71. The summed E-state index contributed by atoms with van der Waals surface area (Å²) in [7, 11) is 1.67. The van der Waals surface area contributed by atoms with E-state index in [0.717, 1.165) is 27.8 Å². The van der Waals surface area contributed by atoms with Crippen LogP contribution in [0.5, 0.6) is 11.5 Å². The number of rotatable bonds is 4. The number of benzene rings is 2. The first-order valence-electron chi connectivity index (χ1n) is 6.66. The van der Waals surface area contributed by atoms with E-state index in [-0.39, 0.29) is 0 Å². The van der Waals surface area contributed by atoms with Gasteiger partial charge >= 0.3 is 0 Å². The van der Waals surface area contributed by atoms with E-state index in [0.29, 0.717) is 12.3 Å². The van der Waals surface area contributed by atoms with Crippen LogP contribution in [0.25, 0.3) is 10.8 Å². The molecule has 0 bridgehead atoms. The standard InChI is InChI=1S/C17H16N2O2/c1-20-11-12-3-2-4-13(9-12)21-17-6-5-16(18)15-10-19-8-7-14(15)17/h2-10H,11,18H2,1H3. The molecule has 0 fully saturated rings. The zero-order chi connectivity index (χ0) is 14.7. The van der Waals surface area contributed by atoms with Crippen molar-refractivity contribution in [2.75, 3.05) is 12.8 Å². The molecule has 0 aliphatic carbocycles. The number of methoxy groups -OCH3 is 1. The van der Waals surface area contributed by atoms with Crippen molar-refractivity contribution in [1.29, 1.82) is 0 Å². The van der Waals surface area contributed by atoms with Gasteiger partial charge in [-0.05, 0) is 35.9 Å². The third kappa shape index (κ3) is 2.80. The third-order valence-electron chi connectivity index (χ3n) is 3.25. The molecule has 0 aliphatic rings. The highest BCUT2D eigenvalue weighted by molar-refractivity contribution is 5.96. The summed E-state index contributed by atoms with van der Waals surface area (Å²) in [4.78, 5) is 4.11. The van der Waals surface area contributed by atoms with Crippen LogP contribution in [0.4, 0.5) is 5.69 Å². The van der Waals surface area contributed by atoms with Crippen LogP contribution < -0.4 is 10.5 Å². The first kappa shape index (κ1) is 13.4. The Morgan fingerprint density at radius 3 is 2.86 bits per heavy atom. The average Bonchev–Trinajstić information content (AvgIpc) is 2.51. The Labute approximate surface area is 123 Å². The first-order valence-corrected chi connectivity index (χ1v) is 6.66. The maximum atomic E-state index is 5.99. The predicted octanol–water partition coefficient (Wildman–Crippen LogP) is 3.76. The molecule has 0 amide bonds. The molecular weight excluding hydrogens is 264 g/mol. The lowest BCUT2D eigenvalue weighted by Crippen LogP contribution is -1.92. The number of ether oxygens (including phenoxy) is 2. The fourth-order valence-corrected chi connectivity index (χ4v) is 2.27. The van der Waals surface area contributed by atoms with Crippen molar-refractivity contribution < 1.29 is 9.47 Å². The van der Waals surface area contributed by atoms with E-state index in [2.05, 4.69) is 4.98 Å². The van der Waals surface area contributed by atoms with Gasteiger partial charge in [0, 0.05) is 36.0 Å². The van der Waals surface area contributed by atoms with E-state index in [4.69, 9.17) is 15.2 Å². The van der Waals surface area contributed by atoms with Gasteiger partial charge in [0.25, 0.3) is 0 Å². The van der Waals surface area contributed by atoms with Crippen LogP contribution in [-0.4, -0.2) is 12.1 Å². The summed E-state index contributed by atoms with van der Waals surface area (Å²) in [6.07, 6.45) is 3.48. The molecule has 2 aromatic carbocycles. The molecule has 0 saturated heterocycles. The number of hydrogen-bond donors (Lipinski definition) is 1. The quantitative estimate of drug-likeness (QED) is 0.739. The minimum absolute atomic E-state index is 0.559. The Morgan fingerprint density at radius 2 is 2.00 bits per heavy atom. The number of nitrogens with zero attached hydrogens (tertiary/aromatic N) is 1. The van der Waals surface area contributed by atoms with Crippen molar-refractivity contribution in [3.63, 3.8) is 0 Å². The van der Waals surface area contributed by atoms with Gasteiger partial charge in [-0.25, -0.2) is 0 Å². The van der Waals surface area contributed by atoms with Gasteiger partial charge in [-0.15, -0.1) is 0 Å². The Morgan fingerprint density at radius 1 is 1.10 bits per heavy atom. The summed E-state index contributed by atoms with van der Waals surface area (Å²) in [5.74, 6) is 1.53. The van der Waals surface area contributed by atoms with Crippen molar-refractivity contribution in [3.05, 3.63) is 60.4 Å². The minimum atomic E-state index is 0.559. The molecule has 0 unspecified atom stereocenters. The van der Waals surface area contributed by atoms with Crippen LogP contribution in [-0.2, 0) is 11.3 Å². The van der Waals surface area contributed by atoms with E-state index in [1.54, 1.807) is 19.5 Å². The lowest BCUT2D eigenvalue weighted by molar-refractivity contribution is 0.184. The molecule has 0 saturated carbocycles. The van der Waals surface area contributed by atoms with E-state index in [9.17, 15) is 0 Å². The molecule has 4 nitrogen and oxygen atoms in total. The first-order chi connectivity index (χ1) is 10.3. The summed E-state index contributed by atoms with van der Waals surface area (Å²) in [5.41, 5.74) is 7.73. The van der Waals surface area contributed by atoms with Crippen molar-refractivity contribution >= 4 is 16.5 Å². The molecule has 21 heavy (non-hydrogen) atoms. The monoisotopic (exact) mass is 280 g/mol. The SMILES string of the molecule is COCc1cccc(Oc2ccc(N)c3cnccc23)c1. The van der Waals surface area contributed by atoms with E-state index in [1.807, 2.05) is 42.5 Å². The molecule has 1 aromatic heterocycles. The van der Waals surface area contributed by atoms with Gasteiger partial charge in [0.2, 0.25) is 0 Å². The molecular formula is C17H16N2O2. The summed E-state index contributed by atoms with van der Waals surface area (Å²) in [6, 6.07) is 13.4. The predicted molar refractivity (Wildman–Crippen MR) is 83.4 cm³/mol. The fourth-order valence-electron chi connectivity index (χ4n) is 2.27. The van der Waals surface area contributed by atoms with Crippen LogP contribution in [0.1, 0.15) is 5.56 Å². The van der Waals surface area contributed by atoms with Gasteiger partial charge in [0.1, 0.15) is 11.5 Å². The summed E-state index contributed by atoms with van der Waals surface area (Å²) < 4.78 is 11.1. The summed E-state index contributed by atoms with van der Waals surface area (Å²) >= 11 is 0.